The quantitative estimate of drug-likeness (QED) is 0.318. The van der Waals surface area contributed by atoms with Crippen LogP contribution in [0.1, 0.15) is 54.9 Å². The maximum atomic E-state index is 11.6. The maximum absolute atomic E-state index is 11.6. The van der Waals surface area contributed by atoms with E-state index in [1.165, 1.54) is 6.20 Å². The fourth-order valence-electron chi connectivity index (χ4n) is 3.27. The number of primary amides is 1. The van der Waals surface area contributed by atoms with Gasteiger partial charge >= 0.3 is 0 Å². The van der Waals surface area contributed by atoms with E-state index in [1.54, 1.807) is 48.5 Å². The molecule has 0 unspecified atom stereocenters. The minimum absolute atomic E-state index is 0.319. The summed E-state index contributed by atoms with van der Waals surface area (Å²) < 4.78 is 7.28. The number of aromatic nitrogens is 3. The normalized spacial score (nSPS) is 11.9. The van der Waals surface area contributed by atoms with E-state index in [4.69, 9.17) is 33.7 Å². The minimum Gasteiger partial charge on any atom is -0.501 e. The monoisotopic (exact) mass is 486 g/mol. The summed E-state index contributed by atoms with van der Waals surface area (Å²) in [5.41, 5.74) is 10.8. The number of rotatable bonds is 6. The van der Waals surface area contributed by atoms with Gasteiger partial charge in [0.25, 0.3) is 0 Å². The average Bonchev–Trinajstić information content (AvgIpc) is 3.19. The van der Waals surface area contributed by atoms with Crippen molar-refractivity contribution in [2.45, 2.75) is 34.6 Å². The lowest BCUT2D eigenvalue weighted by Gasteiger charge is -2.13. The smallest absolute Gasteiger partial charge is 0.250 e. The summed E-state index contributed by atoms with van der Waals surface area (Å²) >= 11 is 12.4. The van der Waals surface area contributed by atoms with E-state index in [2.05, 4.69) is 10.1 Å². The highest BCUT2D eigenvalue weighted by Crippen LogP contribution is 2.30. The molecule has 0 spiro atoms. The van der Waals surface area contributed by atoms with Crippen molar-refractivity contribution in [3.63, 3.8) is 0 Å². The standard InChI is InChI=1S/C23H22Cl2N4O2.C2H6/c1-13(5-21(15(3)31-4)16-6-17(23(26)30)12-27-11-16)22-14(2)10-28-29(22)20-8-18(24)7-19(25)9-20;1-2/h5-12H,1-4H3,(H2,26,30);1-2H3/b13-5+,21-15-;. The lowest BCUT2D eigenvalue weighted by molar-refractivity contribution is 0.1000. The molecule has 0 saturated carbocycles. The van der Waals surface area contributed by atoms with Crippen LogP contribution in [0.25, 0.3) is 16.8 Å². The van der Waals surface area contributed by atoms with Crippen LogP contribution < -0.4 is 5.73 Å². The molecule has 2 N–H and O–H groups in total. The Morgan fingerprint density at radius 1 is 1.03 bits per heavy atom. The van der Waals surface area contributed by atoms with Crippen LogP contribution in [0, 0.1) is 6.92 Å². The van der Waals surface area contributed by atoms with Crippen molar-refractivity contribution in [1.82, 2.24) is 14.8 Å². The highest BCUT2D eigenvalue weighted by atomic mass is 35.5. The van der Waals surface area contributed by atoms with Gasteiger partial charge in [0.2, 0.25) is 5.91 Å². The number of halogens is 2. The molecule has 6 nitrogen and oxygen atoms in total. The van der Waals surface area contributed by atoms with Gasteiger partial charge < -0.3 is 10.5 Å². The predicted octanol–water partition coefficient (Wildman–Crippen LogP) is 6.49. The SMILES string of the molecule is CC.CO/C(C)=C(/C=C(\C)c1c(C)cnn1-c1cc(Cl)cc(Cl)c1)c1cncc(C(N)=O)c1. The van der Waals surface area contributed by atoms with Gasteiger partial charge in [-0.15, -0.1) is 0 Å². The Morgan fingerprint density at radius 2 is 1.64 bits per heavy atom. The second-order valence-corrected chi connectivity index (χ2v) is 7.92. The van der Waals surface area contributed by atoms with E-state index < -0.39 is 5.91 Å². The van der Waals surface area contributed by atoms with Gasteiger partial charge in [-0.25, -0.2) is 4.68 Å². The molecule has 3 rings (SSSR count). The number of hydrogen-bond donors (Lipinski definition) is 1. The van der Waals surface area contributed by atoms with E-state index in [9.17, 15) is 4.79 Å². The predicted molar refractivity (Wildman–Crippen MR) is 136 cm³/mol. The van der Waals surface area contributed by atoms with Gasteiger partial charge in [-0.05, 0) is 62.2 Å². The molecule has 0 fully saturated rings. The summed E-state index contributed by atoms with van der Waals surface area (Å²) in [7, 11) is 1.59. The number of aryl methyl sites for hydroxylation is 1. The van der Waals surface area contributed by atoms with Crippen LogP contribution in [-0.2, 0) is 4.74 Å². The van der Waals surface area contributed by atoms with Crippen LogP contribution >= 0.6 is 23.2 Å². The zero-order valence-corrected chi connectivity index (χ0v) is 21.1. The first-order valence-corrected chi connectivity index (χ1v) is 11.2. The summed E-state index contributed by atoms with van der Waals surface area (Å²) in [5.74, 6) is 0.119. The lowest BCUT2D eigenvalue weighted by atomic mass is 10.00. The number of pyridine rings is 1. The number of amides is 1. The molecular formula is C25H28Cl2N4O2. The number of nitrogens with zero attached hydrogens (tertiary/aromatic N) is 3. The molecule has 0 radical (unpaired) electrons. The van der Waals surface area contributed by atoms with Gasteiger partial charge in [-0.2, -0.15) is 5.10 Å². The molecule has 1 amide bonds. The van der Waals surface area contributed by atoms with Crippen molar-refractivity contribution in [3.8, 4) is 5.69 Å². The molecule has 8 heteroatoms. The molecule has 2 heterocycles. The molecule has 3 aromatic rings. The summed E-state index contributed by atoms with van der Waals surface area (Å²) in [4.78, 5) is 15.8. The number of ether oxygens (including phenoxy) is 1. The number of carbonyl (C=O) groups is 1. The van der Waals surface area contributed by atoms with Crippen LogP contribution in [0.2, 0.25) is 10.0 Å². The molecule has 0 saturated heterocycles. The van der Waals surface area contributed by atoms with Gasteiger partial charge in [0.05, 0.1) is 30.3 Å². The van der Waals surface area contributed by atoms with Gasteiger partial charge in [0, 0.05) is 33.6 Å². The van der Waals surface area contributed by atoms with Gasteiger partial charge in [-0.1, -0.05) is 37.0 Å². The van der Waals surface area contributed by atoms with Gasteiger partial charge in [-0.3, -0.25) is 9.78 Å². The third-order valence-corrected chi connectivity index (χ3v) is 5.23. The van der Waals surface area contributed by atoms with Crippen LogP contribution in [-0.4, -0.2) is 27.8 Å². The van der Waals surface area contributed by atoms with E-state index in [0.29, 0.717) is 26.9 Å². The van der Waals surface area contributed by atoms with Crippen LogP contribution in [0.5, 0.6) is 0 Å². The molecule has 0 bridgehead atoms. The van der Waals surface area contributed by atoms with Crippen molar-refractivity contribution in [3.05, 3.63) is 87.1 Å². The fourth-order valence-corrected chi connectivity index (χ4v) is 3.79. The van der Waals surface area contributed by atoms with Crippen molar-refractivity contribution in [1.29, 1.82) is 0 Å². The van der Waals surface area contributed by atoms with Crippen molar-refractivity contribution in [2.75, 3.05) is 7.11 Å². The van der Waals surface area contributed by atoms with Gasteiger partial charge in [0.1, 0.15) is 5.76 Å². The Morgan fingerprint density at radius 3 is 2.21 bits per heavy atom. The average molecular weight is 487 g/mol. The molecule has 0 aliphatic carbocycles. The molecular weight excluding hydrogens is 459 g/mol. The zero-order valence-electron chi connectivity index (χ0n) is 19.6. The second kappa shape index (κ2) is 11.7. The fraction of sp³-hybridized carbons (Fsp3) is 0.240. The summed E-state index contributed by atoms with van der Waals surface area (Å²) in [5, 5.41) is 5.55. The Kier molecular flexibility index (Phi) is 9.26. The number of benzene rings is 1. The third kappa shape index (κ3) is 6.24. The topological polar surface area (TPSA) is 83.0 Å². The Labute approximate surface area is 204 Å². The van der Waals surface area contributed by atoms with E-state index in [1.807, 2.05) is 40.7 Å². The number of methoxy groups -OCH3 is 1. The minimum atomic E-state index is -0.545. The number of hydrogen-bond acceptors (Lipinski definition) is 4. The summed E-state index contributed by atoms with van der Waals surface area (Å²) in [6, 6.07) is 6.97. The molecule has 33 heavy (non-hydrogen) atoms. The Balaban J connectivity index is 0.00000187. The first-order chi connectivity index (χ1) is 15.7. The van der Waals surface area contributed by atoms with Crippen molar-refractivity contribution >= 4 is 40.3 Å². The zero-order chi connectivity index (χ0) is 24.7. The number of nitrogens with two attached hydrogens (primary N) is 1. The number of carbonyl (C=O) groups excluding carboxylic acids is 1. The van der Waals surface area contributed by atoms with E-state index in [0.717, 1.165) is 28.1 Å². The Hall–Kier alpha value is -3.09. The number of allylic oxidation sites excluding steroid dienone is 4. The lowest BCUT2D eigenvalue weighted by Crippen LogP contribution is -2.11. The van der Waals surface area contributed by atoms with Crippen molar-refractivity contribution < 1.29 is 9.53 Å². The maximum Gasteiger partial charge on any atom is 0.250 e. The second-order valence-electron chi connectivity index (χ2n) is 7.04. The molecule has 1 aromatic carbocycles. The molecule has 0 aliphatic rings. The molecule has 0 aliphatic heterocycles. The van der Waals surface area contributed by atoms with Crippen LogP contribution in [0.4, 0.5) is 0 Å². The van der Waals surface area contributed by atoms with Crippen LogP contribution in [0.15, 0.2) is 54.7 Å². The van der Waals surface area contributed by atoms with Crippen LogP contribution in [0.3, 0.4) is 0 Å². The van der Waals surface area contributed by atoms with Crippen molar-refractivity contribution in [2.24, 2.45) is 5.73 Å². The summed E-state index contributed by atoms with van der Waals surface area (Å²) in [6.45, 7) is 9.79. The molecule has 2 aromatic heterocycles. The molecule has 0 atom stereocenters. The largest absolute Gasteiger partial charge is 0.501 e. The summed E-state index contributed by atoms with van der Waals surface area (Å²) in [6.07, 6.45) is 6.84. The highest BCUT2D eigenvalue weighted by Gasteiger charge is 2.15. The first kappa shape index (κ1) is 26.2. The Bertz CT molecular complexity index is 1190. The first-order valence-electron chi connectivity index (χ1n) is 10.4. The van der Waals surface area contributed by atoms with E-state index in [-0.39, 0.29) is 0 Å². The van der Waals surface area contributed by atoms with E-state index >= 15 is 0 Å². The highest BCUT2D eigenvalue weighted by molar-refractivity contribution is 6.34. The van der Waals surface area contributed by atoms with Gasteiger partial charge in [0.15, 0.2) is 0 Å². The third-order valence-electron chi connectivity index (χ3n) is 4.80. The molecule has 174 valence electrons.